The summed E-state index contributed by atoms with van der Waals surface area (Å²) in [6.45, 7) is 2.67. The predicted molar refractivity (Wildman–Crippen MR) is 81.7 cm³/mol. The molecule has 0 unspecified atom stereocenters. The highest BCUT2D eigenvalue weighted by Crippen LogP contribution is 2.22. The van der Waals surface area contributed by atoms with Crippen LogP contribution in [-0.4, -0.2) is 24.5 Å². The molecule has 108 valence electrons. The van der Waals surface area contributed by atoms with Gasteiger partial charge < -0.3 is 5.32 Å². The molecule has 0 saturated heterocycles. The van der Waals surface area contributed by atoms with Crippen LogP contribution in [0.1, 0.15) is 11.3 Å². The van der Waals surface area contributed by atoms with Gasteiger partial charge in [-0.1, -0.05) is 0 Å². The van der Waals surface area contributed by atoms with Gasteiger partial charge in [-0.15, -0.1) is 0 Å². The van der Waals surface area contributed by atoms with Gasteiger partial charge in [-0.05, 0) is 19.1 Å². The average Bonchev–Trinajstić information content (AvgIpc) is 3.00. The Balaban J connectivity index is 1.85. The summed E-state index contributed by atoms with van der Waals surface area (Å²) in [6, 6.07) is 5.97. The molecule has 21 heavy (non-hydrogen) atoms. The Morgan fingerprint density at radius 2 is 2.10 bits per heavy atom. The van der Waals surface area contributed by atoms with Crippen LogP contribution in [0.5, 0.6) is 0 Å². The molecule has 0 saturated carbocycles. The topological polar surface area (TPSA) is 60.6 Å². The van der Waals surface area contributed by atoms with Crippen LogP contribution in [0.3, 0.4) is 0 Å². The highest BCUT2D eigenvalue weighted by molar-refractivity contribution is 5.62. The predicted octanol–water partition coefficient (Wildman–Crippen LogP) is 2.14. The largest absolute Gasteiger partial charge is 0.366 e. The molecule has 0 fully saturated rings. The Kier molecular flexibility index (Phi) is 3.43. The number of aromatic nitrogens is 5. The van der Waals surface area contributed by atoms with E-state index in [0.29, 0.717) is 6.54 Å². The van der Waals surface area contributed by atoms with Crippen molar-refractivity contribution in [3.8, 4) is 11.3 Å². The molecule has 0 radical (unpaired) electrons. The van der Waals surface area contributed by atoms with Crippen LogP contribution in [0.15, 0.2) is 36.8 Å². The number of anilines is 1. The van der Waals surface area contributed by atoms with Crippen molar-refractivity contribution in [1.29, 1.82) is 0 Å². The first-order chi connectivity index (χ1) is 10.1. The minimum atomic E-state index is 0.692. The SMILES string of the molecule is Cc1cc(NCc2cn(C)nc2-c2cccnc2)n(C)n1. The van der Waals surface area contributed by atoms with Gasteiger partial charge in [0.15, 0.2) is 0 Å². The smallest absolute Gasteiger partial charge is 0.124 e. The van der Waals surface area contributed by atoms with Crippen LogP contribution in [0.25, 0.3) is 11.3 Å². The van der Waals surface area contributed by atoms with Crippen molar-refractivity contribution in [3.63, 3.8) is 0 Å². The molecular weight excluding hydrogens is 264 g/mol. The second-order valence-electron chi connectivity index (χ2n) is 5.07. The van der Waals surface area contributed by atoms with E-state index in [1.54, 1.807) is 6.20 Å². The molecule has 1 N–H and O–H groups in total. The number of nitrogens with one attached hydrogen (secondary N) is 1. The van der Waals surface area contributed by atoms with E-state index in [1.165, 1.54) is 0 Å². The lowest BCUT2D eigenvalue weighted by Crippen LogP contribution is -2.04. The average molecular weight is 282 g/mol. The first-order valence-corrected chi connectivity index (χ1v) is 6.81. The van der Waals surface area contributed by atoms with Gasteiger partial charge in [0.2, 0.25) is 0 Å². The minimum Gasteiger partial charge on any atom is -0.366 e. The van der Waals surface area contributed by atoms with Crippen molar-refractivity contribution in [3.05, 3.63) is 48.0 Å². The molecular formula is C15H18N6. The summed E-state index contributed by atoms with van der Waals surface area (Å²) in [7, 11) is 3.86. The molecule has 0 bridgehead atoms. The molecule has 0 amide bonds. The molecule has 3 rings (SSSR count). The van der Waals surface area contributed by atoms with Crippen LogP contribution in [-0.2, 0) is 20.6 Å². The van der Waals surface area contributed by atoms with E-state index in [9.17, 15) is 0 Å². The van der Waals surface area contributed by atoms with Crippen molar-refractivity contribution in [2.75, 3.05) is 5.32 Å². The molecule has 6 heteroatoms. The fourth-order valence-electron chi connectivity index (χ4n) is 2.37. The van der Waals surface area contributed by atoms with Crippen molar-refractivity contribution < 1.29 is 0 Å². The van der Waals surface area contributed by atoms with Gasteiger partial charge in [0.25, 0.3) is 0 Å². The van der Waals surface area contributed by atoms with Gasteiger partial charge >= 0.3 is 0 Å². The number of rotatable bonds is 4. The molecule has 0 atom stereocenters. The third kappa shape index (κ3) is 2.79. The quantitative estimate of drug-likeness (QED) is 0.796. The van der Waals surface area contributed by atoms with E-state index >= 15 is 0 Å². The summed E-state index contributed by atoms with van der Waals surface area (Å²) in [5.74, 6) is 0.994. The Bertz CT molecular complexity index is 741. The van der Waals surface area contributed by atoms with E-state index in [1.807, 2.05) is 61.0 Å². The Labute approximate surface area is 123 Å². The molecule has 0 aliphatic heterocycles. The highest BCUT2D eigenvalue weighted by atomic mass is 15.3. The summed E-state index contributed by atoms with van der Waals surface area (Å²) in [5, 5.41) is 12.3. The summed E-state index contributed by atoms with van der Waals surface area (Å²) in [5.41, 5.74) is 4.11. The Morgan fingerprint density at radius 3 is 2.76 bits per heavy atom. The first-order valence-electron chi connectivity index (χ1n) is 6.81. The van der Waals surface area contributed by atoms with Crippen LogP contribution in [0.2, 0.25) is 0 Å². The van der Waals surface area contributed by atoms with Gasteiger partial charge in [0.1, 0.15) is 5.82 Å². The zero-order valence-corrected chi connectivity index (χ0v) is 12.4. The fourth-order valence-corrected chi connectivity index (χ4v) is 2.37. The lowest BCUT2D eigenvalue weighted by molar-refractivity contribution is 0.757. The molecule has 0 spiro atoms. The van der Waals surface area contributed by atoms with Crippen molar-refractivity contribution in [1.82, 2.24) is 24.5 Å². The van der Waals surface area contributed by atoms with Gasteiger partial charge in [-0.2, -0.15) is 10.2 Å². The zero-order chi connectivity index (χ0) is 14.8. The van der Waals surface area contributed by atoms with Gasteiger partial charge in [0.05, 0.1) is 11.4 Å². The van der Waals surface area contributed by atoms with Crippen molar-refractivity contribution in [2.24, 2.45) is 14.1 Å². The number of hydrogen-bond donors (Lipinski definition) is 1. The van der Waals surface area contributed by atoms with Crippen LogP contribution < -0.4 is 5.32 Å². The molecule has 3 heterocycles. The zero-order valence-electron chi connectivity index (χ0n) is 12.4. The summed E-state index contributed by atoms with van der Waals surface area (Å²) in [4.78, 5) is 4.16. The standard InChI is InChI=1S/C15H18N6/c1-11-7-14(21(3)18-11)17-9-13-10-20(2)19-15(13)12-5-4-6-16-8-12/h4-8,10,17H,9H2,1-3H3. The normalized spacial score (nSPS) is 10.8. The maximum Gasteiger partial charge on any atom is 0.124 e. The summed E-state index contributed by atoms with van der Waals surface area (Å²) >= 11 is 0. The molecule has 0 aliphatic carbocycles. The first kappa shape index (κ1) is 13.4. The Morgan fingerprint density at radius 1 is 1.24 bits per heavy atom. The molecule has 3 aromatic heterocycles. The van der Waals surface area contributed by atoms with E-state index in [0.717, 1.165) is 28.3 Å². The second kappa shape index (κ2) is 5.40. The molecule has 0 aromatic carbocycles. The summed E-state index contributed by atoms with van der Waals surface area (Å²) in [6.07, 6.45) is 5.63. The van der Waals surface area contributed by atoms with Crippen molar-refractivity contribution >= 4 is 5.82 Å². The Hall–Kier alpha value is -2.63. The van der Waals surface area contributed by atoms with Gasteiger partial charge in [0, 0.05) is 56.4 Å². The van der Waals surface area contributed by atoms with E-state index in [4.69, 9.17) is 0 Å². The van der Waals surface area contributed by atoms with Crippen LogP contribution in [0.4, 0.5) is 5.82 Å². The maximum absolute atomic E-state index is 4.54. The van der Waals surface area contributed by atoms with E-state index < -0.39 is 0 Å². The number of nitrogens with zero attached hydrogens (tertiary/aromatic N) is 5. The molecule has 0 aliphatic rings. The second-order valence-corrected chi connectivity index (χ2v) is 5.07. The van der Waals surface area contributed by atoms with Gasteiger partial charge in [-0.3, -0.25) is 14.3 Å². The summed E-state index contributed by atoms with van der Waals surface area (Å²) < 4.78 is 3.67. The highest BCUT2D eigenvalue weighted by Gasteiger charge is 2.11. The lowest BCUT2D eigenvalue weighted by atomic mass is 10.1. The monoisotopic (exact) mass is 282 g/mol. The van der Waals surface area contributed by atoms with Crippen LogP contribution in [0, 0.1) is 6.92 Å². The molecule has 6 nitrogen and oxygen atoms in total. The van der Waals surface area contributed by atoms with Gasteiger partial charge in [-0.25, -0.2) is 0 Å². The maximum atomic E-state index is 4.54. The van der Waals surface area contributed by atoms with E-state index in [-0.39, 0.29) is 0 Å². The third-order valence-electron chi connectivity index (χ3n) is 3.30. The van der Waals surface area contributed by atoms with Crippen molar-refractivity contribution in [2.45, 2.75) is 13.5 Å². The van der Waals surface area contributed by atoms with E-state index in [2.05, 4.69) is 20.5 Å². The molecule has 3 aromatic rings. The number of pyridine rings is 1. The number of hydrogen-bond acceptors (Lipinski definition) is 4. The van der Waals surface area contributed by atoms with Crippen LogP contribution >= 0.6 is 0 Å². The third-order valence-corrected chi connectivity index (χ3v) is 3.30. The fraction of sp³-hybridized carbons (Fsp3) is 0.267. The lowest BCUT2D eigenvalue weighted by Gasteiger charge is -2.06. The number of aryl methyl sites for hydroxylation is 3. The minimum absolute atomic E-state index is 0.692.